The van der Waals surface area contributed by atoms with E-state index in [4.69, 9.17) is 4.98 Å². The summed E-state index contributed by atoms with van der Waals surface area (Å²) in [4.78, 5) is 22.7. The maximum atomic E-state index is 13.5. The van der Waals surface area contributed by atoms with Crippen molar-refractivity contribution in [2.45, 2.75) is 48.0 Å². The second kappa shape index (κ2) is 9.41. The van der Waals surface area contributed by atoms with E-state index >= 15 is 0 Å². The van der Waals surface area contributed by atoms with Gasteiger partial charge in [-0.15, -0.1) is 0 Å². The maximum Gasteiger partial charge on any atom is 0.259 e. The molecule has 2 aromatic heterocycles. The zero-order valence-corrected chi connectivity index (χ0v) is 22.2. The standard InChI is InChI=1S/C30H35N5O/c1-19-10-11-21(3)25(16-19)17-26-23(5)32-29-27(18-31-35(29)24(26)6)30(36)34-14-12-33(13-15-34)28-9-7-8-20(2)22(28)4/h7-11,16,18H,12-15,17H2,1-6H3. The highest BCUT2D eigenvalue weighted by Gasteiger charge is 2.27. The SMILES string of the molecule is Cc1ccc(C)c(Cc2c(C)nc3c(C(=O)N4CCN(c5cccc(C)c5C)CC4)cnn3c2C)c1. The molecule has 0 aliphatic carbocycles. The van der Waals surface area contributed by atoms with Crippen molar-refractivity contribution in [2.75, 3.05) is 31.1 Å². The summed E-state index contributed by atoms with van der Waals surface area (Å²) >= 11 is 0. The highest BCUT2D eigenvalue weighted by Crippen LogP contribution is 2.26. The van der Waals surface area contributed by atoms with Gasteiger partial charge in [0, 0.05) is 49.7 Å². The van der Waals surface area contributed by atoms with E-state index in [1.54, 1.807) is 6.20 Å². The minimum Gasteiger partial charge on any atom is -0.368 e. The summed E-state index contributed by atoms with van der Waals surface area (Å²) in [6, 6.07) is 13.0. The van der Waals surface area contributed by atoms with Gasteiger partial charge in [0.05, 0.1) is 6.20 Å². The van der Waals surface area contributed by atoms with Crippen molar-refractivity contribution >= 4 is 17.2 Å². The smallest absolute Gasteiger partial charge is 0.259 e. The molecule has 4 aromatic rings. The first-order valence-electron chi connectivity index (χ1n) is 12.7. The van der Waals surface area contributed by atoms with Crippen molar-refractivity contribution in [3.05, 3.63) is 92.9 Å². The number of carbonyl (C=O) groups is 1. The molecule has 3 heterocycles. The molecule has 186 valence electrons. The maximum absolute atomic E-state index is 13.5. The fourth-order valence-electron chi connectivity index (χ4n) is 5.30. The highest BCUT2D eigenvalue weighted by atomic mass is 16.2. The molecule has 6 heteroatoms. The third kappa shape index (κ3) is 4.25. The summed E-state index contributed by atoms with van der Waals surface area (Å²) < 4.78 is 1.84. The largest absolute Gasteiger partial charge is 0.368 e. The van der Waals surface area contributed by atoms with E-state index in [9.17, 15) is 4.79 Å². The predicted octanol–water partition coefficient (Wildman–Crippen LogP) is 5.13. The Morgan fingerprint density at radius 3 is 2.42 bits per heavy atom. The first kappa shape index (κ1) is 24.0. The minimum absolute atomic E-state index is 0.0131. The van der Waals surface area contributed by atoms with Crippen molar-refractivity contribution in [3.8, 4) is 0 Å². The molecular formula is C30H35N5O. The van der Waals surface area contributed by atoms with Crippen LogP contribution in [-0.4, -0.2) is 51.6 Å². The Morgan fingerprint density at radius 2 is 1.67 bits per heavy atom. The molecule has 1 saturated heterocycles. The summed E-state index contributed by atoms with van der Waals surface area (Å²) in [5.41, 5.74) is 12.1. The zero-order valence-electron chi connectivity index (χ0n) is 22.2. The van der Waals surface area contributed by atoms with Crippen LogP contribution in [0.15, 0.2) is 42.6 Å². The van der Waals surface area contributed by atoms with Crippen molar-refractivity contribution in [1.82, 2.24) is 19.5 Å². The minimum atomic E-state index is 0.0131. The van der Waals surface area contributed by atoms with Crippen LogP contribution in [-0.2, 0) is 6.42 Å². The molecule has 0 atom stereocenters. The molecule has 0 radical (unpaired) electrons. The number of hydrogen-bond donors (Lipinski definition) is 0. The second-order valence-corrected chi connectivity index (χ2v) is 10.2. The van der Waals surface area contributed by atoms with Gasteiger partial charge in [0.25, 0.3) is 5.91 Å². The lowest BCUT2D eigenvalue weighted by Crippen LogP contribution is -2.49. The summed E-state index contributed by atoms with van der Waals surface area (Å²) in [5, 5.41) is 4.60. The Labute approximate surface area is 213 Å². The molecule has 36 heavy (non-hydrogen) atoms. The van der Waals surface area contributed by atoms with Crippen LogP contribution in [0.3, 0.4) is 0 Å². The van der Waals surface area contributed by atoms with Crippen molar-refractivity contribution < 1.29 is 4.79 Å². The van der Waals surface area contributed by atoms with Gasteiger partial charge >= 0.3 is 0 Å². The fourth-order valence-corrected chi connectivity index (χ4v) is 5.30. The van der Waals surface area contributed by atoms with E-state index in [2.05, 4.69) is 81.0 Å². The van der Waals surface area contributed by atoms with Crippen LogP contribution in [0.25, 0.3) is 5.65 Å². The Morgan fingerprint density at radius 1 is 0.917 bits per heavy atom. The van der Waals surface area contributed by atoms with Crippen LogP contribution < -0.4 is 4.90 Å². The van der Waals surface area contributed by atoms with Crippen LogP contribution >= 0.6 is 0 Å². The number of rotatable bonds is 4. The number of amides is 1. The Hall–Kier alpha value is -3.67. The Bertz CT molecular complexity index is 1460. The molecule has 0 N–H and O–H groups in total. The number of hydrogen-bond acceptors (Lipinski definition) is 4. The van der Waals surface area contributed by atoms with E-state index in [-0.39, 0.29) is 5.91 Å². The molecule has 0 bridgehead atoms. The topological polar surface area (TPSA) is 53.7 Å². The van der Waals surface area contributed by atoms with Crippen molar-refractivity contribution in [2.24, 2.45) is 0 Å². The Kier molecular flexibility index (Phi) is 6.29. The molecule has 1 aliphatic heterocycles. The van der Waals surface area contributed by atoms with Crippen LogP contribution in [0.1, 0.15) is 55.1 Å². The first-order valence-corrected chi connectivity index (χ1v) is 12.7. The number of aryl methyl sites for hydroxylation is 5. The lowest BCUT2D eigenvalue weighted by atomic mass is 9.97. The second-order valence-electron chi connectivity index (χ2n) is 10.2. The number of nitrogens with zero attached hydrogens (tertiary/aromatic N) is 5. The van der Waals surface area contributed by atoms with Crippen LogP contribution in [0.5, 0.6) is 0 Å². The lowest BCUT2D eigenvalue weighted by molar-refractivity contribution is 0.0748. The van der Waals surface area contributed by atoms with Gasteiger partial charge in [-0.3, -0.25) is 4.79 Å². The normalized spacial score (nSPS) is 14.1. The summed E-state index contributed by atoms with van der Waals surface area (Å²) in [6.07, 6.45) is 2.49. The number of fused-ring (bicyclic) bond motifs is 1. The van der Waals surface area contributed by atoms with E-state index in [1.807, 2.05) is 16.3 Å². The number of anilines is 1. The zero-order chi connectivity index (χ0) is 25.6. The van der Waals surface area contributed by atoms with Gasteiger partial charge in [-0.25, -0.2) is 9.50 Å². The van der Waals surface area contributed by atoms with Crippen LogP contribution in [0.4, 0.5) is 5.69 Å². The van der Waals surface area contributed by atoms with E-state index in [0.717, 1.165) is 30.9 Å². The van der Waals surface area contributed by atoms with E-state index < -0.39 is 0 Å². The number of aromatic nitrogens is 3. The van der Waals surface area contributed by atoms with Gasteiger partial charge in [-0.2, -0.15) is 5.10 Å². The van der Waals surface area contributed by atoms with Gasteiger partial charge in [0.1, 0.15) is 5.56 Å². The van der Waals surface area contributed by atoms with Gasteiger partial charge in [0.15, 0.2) is 5.65 Å². The van der Waals surface area contributed by atoms with Gasteiger partial charge in [-0.1, -0.05) is 35.9 Å². The summed E-state index contributed by atoms with van der Waals surface area (Å²) in [7, 11) is 0. The molecule has 0 saturated carbocycles. The molecule has 0 spiro atoms. The fraction of sp³-hybridized carbons (Fsp3) is 0.367. The van der Waals surface area contributed by atoms with Crippen LogP contribution in [0, 0.1) is 41.5 Å². The molecule has 0 unspecified atom stereocenters. The van der Waals surface area contributed by atoms with Gasteiger partial charge in [0.2, 0.25) is 0 Å². The monoisotopic (exact) mass is 481 g/mol. The third-order valence-electron chi connectivity index (χ3n) is 7.79. The number of carbonyl (C=O) groups excluding carboxylic acids is 1. The molecule has 1 aliphatic rings. The van der Waals surface area contributed by atoms with Gasteiger partial charge in [-0.05, 0) is 75.4 Å². The summed E-state index contributed by atoms with van der Waals surface area (Å²) in [6.45, 7) is 15.7. The van der Waals surface area contributed by atoms with E-state index in [0.29, 0.717) is 24.3 Å². The average Bonchev–Trinajstić information content (AvgIpc) is 3.29. The predicted molar refractivity (Wildman–Crippen MR) is 145 cm³/mol. The average molecular weight is 482 g/mol. The van der Waals surface area contributed by atoms with Gasteiger partial charge < -0.3 is 9.80 Å². The first-order chi connectivity index (χ1) is 17.2. The lowest BCUT2D eigenvalue weighted by Gasteiger charge is -2.37. The molecule has 1 amide bonds. The third-order valence-corrected chi connectivity index (χ3v) is 7.79. The molecule has 2 aromatic carbocycles. The van der Waals surface area contributed by atoms with Crippen molar-refractivity contribution in [3.63, 3.8) is 0 Å². The molecule has 5 rings (SSSR count). The van der Waals surface area contributed by atoms with E-state index in [1.165, 1.54) is 39.1 Å². The highest BCUT2D eigenvalue weighted by molar-refractivity contribution is 5.99. The Balaban J connectivity index is 1.38. The van der Waals surface area contributed by atoms with Crippen molar-refractivity contribution in [1.29, 1.82) is 0 Å². The molecule has 1 fully saturated rings. The molecule has 6 nitrogen and oxygen atoms in total. The summed E-state index contributed by atoms with van der Waals surface area (Å²) in [5.74, 6) is 0.0131. The number of piperazine rings is 1. The number of benzene rings is 2. The molecular weight excluding hydrogens is 446 g/mol. The van der Waals surface area contributed by atoms with Crippen LogP contribution in [0.2, 0.25) is 0 Å². The quantitative estimate of drug-likeness (QED) is 0.405.